The zero-order valence-electron chi connectivity index (χ0n) is 38.0. The van der Waals surface area contributed by atoms with Gasteiger partial charge in [-0.15, -0.1) is 0 Å². The van der Waals surface area contributed by atoms with Gasteiger partial charge in [0.05, 0.1) is 16.7 Å². The minimum Gasteiger partial charge on any atom is -0.309 e. The van der Waals surface area contributed by atoms with Gasteiger partial charge < -0.3 is 4.90 Å². The molecule has 0 aliphatic heterocycles. The van der Waals surface area contributed by atoms with Gasteiger partial charge in [0, 0.05) is 43.8 Å². The van der Waals surface area contributed by atoms with Gasteiger partial charge in [0.2, 0.25) is 0 Å². The maximum Gasteiger partial charge on any atom is 0.0731 e. The van der Waals surface area contributed by atoms with Crippen molar-refractivity contribution in [1.82, 2.24) is 4.98 Å². The zero-order chi connectivity index (χ0) is 44.0. The van der Waals surface area contributed by atoms with E-state index in [1.54, 1.807) is 0 Å². The topological polar surface area (TPSA) is 16.1 Å². The van der Waals surface area contributed by atoms with Crippen LogP contribution in [0.4, 0.5) is 17.1 Å². The molecule has 1 heterocycles. The zero-order valence-corrected chi connectivity index (χ0v) is 38.0. The standard InChI is InChI=1S/C61H58N2/c1-58(2,43-21-13-9-14-22-43)47-29-35-51(36-30-47)63(52-37-31-48(32-38-52)59(3,4)44-23-15-10-16-24-44)57-53-41-49(60(5,6)45-25-17-11-18-26-45)33-39-55(53)62-56-40-34-50(42-54(56)57)61(7,8)46-27-19-12-20-28-46/h9-42H,1-8H3. The number of nitrogens with zero attached hydrogens (tertiary/aromatic N) is 2. The summed E-state index contributed by atoms with van der Waals surface area (Å²) in [6.45, 7) is 18.6. The van der Waals surface area contributed by atoms with E-state index in [0.717, 1.165) is 38.9 Å². The van der Waals surface area contributed by atoms with Crippen LogP contribution in [0, 0.1) is 0 Å². The third-order valence-corrected chi connectivity index (χ3v) is 14.1. The summed E-state index contributed by atoms with van der Waals surface area (Å²) in [5, 5.41) is 2.22. The van der Waals surface area contributed by atoms with Crippen LogP contribution in [0.15, 0.2) is 206 Å². The monoisotopic (exact) mass is 818 g/mol. The van der Waals surface area contributed by atoms with Crippen LogP contribution in [0.2, 0.25) is 0 Å². The van der Waals surface area contributed by atoms with Crippen LogP contribution in [-0.2, 0) is 21.7 Å². The highest BCUT2D eigenvalue weighted by molar-refractivity contribution is 6.11. The van der Waals surface area contributed by atoms with Gasteiger partial charge in [-0.25, -0.2) is 4.98 Å². The average molecular weight is 819 g/mol. The van der Waals surface area contributed by atoms with Crippen molar-refractivity contribution >= 4 is 38.9 Å². The third kappa shape index (κ3) is 7.63. The van der Waals surface area contributed by atoms with Crippen LogP contribution in [0.1, 0.15) is 99.9 Å². The van der Waals surface area contributed by atoms with Crippen molar-refractivity contribution in [3.8, 4) is 0 Å². The third-order valence-electron chi connectivity index (χ3n) is 14.1. The Labute approximate surface area is 374 Å². The van der Waals surface area contributed by atoms with E-state index < -0.39 is 0 Å². The first-order valence-corrected chi connectivity index (χ1v) is 22.4. The summed E-state index contributed by atoms with van der Waals surface area (Å²) in [5.41, 5.74) is 14.5. The Morgan fingerprint density at radius 3 is 0.841 bits per heavy atom. The van der Waals surface area contributed by atoms with E-state index in [1.165, 1.54) is 44.5 Å². The summed E-state index contributed by atoms with van der Waals surface area (Å²) < 4.78 is 0. The number of rotatable bonds is 11. The number of pyridine rings is 1. The van der Waals surface area contributed by atoms with E-state index >= 15 is 0 Å². The van der Waals surface area contributed by atoms with Gasteiger partial charge in [-0.3, -0.25) is 0 Å². The van der Waals surface area contributed by atoms with Crippen molar-refractivity contribution in [3.05, 3.63) is 251 Å². The van der Waals surface area contributed by atoms with Gasteiger partial charge in [0.25, 0.3) is 0 Å². The quantitative estimate of drug-likeness (QED) is 0.121. The van der Waals surface area contributed by atoms with Crippen molar-refractivity contribution in [3.63, 3.8) is 0 Å². The first kappa shape index (κ1) is 41.6. The summed E-state index contributed by atoms with van der Waals surface area (Å²) in [6, 6.07) is 75.7. The molecule has 0 spiro atoms. The van der Waals surface area contributed by atoms with Crippen LogP contribution in [0.3, 0.4) is 0 Å². The summed E-state index contributed by atoms with van der Waals surface area (Å²) >= 11 is 0. The predicted molar refractivity (Wildman–Crippen MR) is 268 cm³/mol. The Balaban J connectivity index is 1.32. The van der Waals surface area contributed by atoms with E-state index in [9.17, 15) is 0 Å². The molecule has 0 fully saturated rings. The maximum atomic E-state index is 5.43. The lowest BCUT2D eigenvalue weighted by atomic mass is 9.77. The van der Waals surface area contributed by atoms with Crippen molar-refractivity contribution in [1.29, 1.82) is 0 Å². The fraction of sp³-hybridized carbons (Fsp3) is 0.197. The normalized spacial score (nSPS) is 12.4. The lowest BCUT2D eigenvalue weighted by Crippen LogP contribution is -2.20. The van der Waals surface area contributed by atoms with E-state index in [0.29, 0.717) is 0 Å². The molecule has 2 heteroatoms. The Morgan fingerprint density at radius 2 is 0.540 bits per heavy atom. The molecule has 0 radical (unpaired) electrons. The molecular weight excluding hydrogens is 761 g/mol. The Morgan fingerprint density at radius 1 is 0.286 bits per heavy atom. The highest BCUT2D eigenvalue weighted by atomic mass is 15.1. The molecule has 312 valence electrons. The highest BCUT2D eigenvalue weighted by Crippen LogP contribution is 2.47. The molecule has 0 saturated heterocycles. The van der Waals surface area contributed by atoms with Crippen molar-refractivity contribution in [2.24, 2.45) is 0 Å². The summed E-state index contributed by atoms with van der Waals surface area (Å²) in [5.74, 6) is 0. The Hall–Kier alpha value is -6.77. The second-order valence-corrected chi connectivity index (χ2v) is 19.3. The van der Waals surface area contributed by atoms with Gasteiger partial charge in [-0.05, 0) is 93.0 Å². The van der Waals surface area contributed by atoms with Crippen LogP contribution in [0.5, 0.6) is 0 Å². The van der Waals surface area contributed by atoms with Gasteiger partial charge in [0.15, 0.2) is 0 Å². The molecule has 9 rings (SSSR count). The van der Waals surface area contributed by atoms with E-state index in [2.05, 4.69) is 267 Å². The smallest absolute Gasteiger partial charge is 0.0731 e. The molecule has 0 saturated carbocycles. The number of anilines is 3. The van der Waals surface area contributed by atoms with Gasteiger partial charge in [-0.2, -0.15) is 0 Å². The number of aromatic nitrogens is 1. The van der Waals surface area contributed by atoms with E-state index in [1.807, 2.05) is 0 Å². The fourth-order valence-electron chi connectivity index (χ4n) is 9.49. The number of hydrogen-bond donors (Lipinski definition) is 0. The number of hydrogen-bond acceptors (Lipinski definition) is 2. The van der Waals surface area contributed by atoms with Gasteiger partial charge >= 0.3 is 0 Å². The predicted octanol–water partition coefficient (Wildman–Crippen LogP) is 16.2. The summed E-state index contributed by atoms with van der Waals surface area (Å²) in [4.78, 5) is 7.92. The molecule has 0 aliphatic rings. The Bertz CT molecular complexity index is 2800. The molecule has 0 bridgehead atoms. The molecule has 0 unspecified atom stereocenters. The summed E-state index contributed by atoms with van der Waals surface area (Å²) in [6.07, 6.45) is 0. The van der Waals surface area contributed by atoms with Crippen molar-refractivity contribution in [2.75, 3.05) is 4.90 Å². The molecule has 0 N–H and O–H groups in total. The second kappa shape index (κ2) is 16.2. The van der Waals surface area contributed by atoms with Crippen LogP contribution in [0.25, 0.3) is 21.8 Å². The van der Waals surface area contributed by atoms with E-state index in [4.69, 9.17) is 4.98 Å². The first-order chi connectivity index (χ1) is 30.3. The molecule has 1 aromatic heterocycles. The molecule has 0 atom stereocenters. The fourth-order valence-corrected chi connectivity index (χ4v) is 9.49. The van der Waals surface area contributed by atoms with Crippen LogP contribution in [-0.4, -0.2) is 4.98 Å². The van der Waals surface area contributed by atoms with Gasteiger partial charge in [-0.1, -0.05) is 213 Å². The highest BCUT2D eigenvalue weighted by Gasteiger charge is 2.30. The molecular formula is C61H58N2. The summed E-state index contributed by atoms with van der Waals surface area (Å²) in [7, 11) is 0. The molecule has 9 aromatic rings. The van der Waals surface area contributed by atoms with Gasteiger partial charge in [0.1, 0.15) is 0 Å². The van der Waals surface area contributed by atoms with Crippen molar-refractivity contribution < 1.29 is 0 Å². The van der Waals surface area contributed by atoms with Crippen LogP contribution >= 0.6 is 0 Å². The molecule has 0 amide bonds. The second-order valence-electron chi connectivity index (χ2n) is 19.3. The van der Waals surface area contributed by atoms with Crippen LogP contribution < -0.4 is 4.90 Å². The average Bonchev–Trinajstić information content (AvgIpc) is 3.32. The largest absolute Gasteiger partial charge is 0.309 e. The first-order valence-electron chi connectivity index (χ1n) is 22.4. The SMILES string of the molecule is CC(C)(c1ccccc1)c1ccc(N(c2ccc(C(C)(C)c3ccccc3)cc2)c2c3cc(C(C)(C)c4ccccc4)ccc3nc3ccc(C(C)(C)c4ccccc4)cc23)cc1. The maximum absolute atomic E-state index is 5.43. The minimum atomic E-state index is -0.251. The Kier molecular flexibility index (Phi) is 10.7. The number of benzene rings is 8. The number of fused-ring (bicyclic) bond motifs is 2. The minimum absolute atomic E-state index is 0.179. The molecule has 63 heavy (non-hydrogen) atoms. The lowest BCUT2D eigenvalue weighted by molar-refractivity contribution is 0.641. The molecule has 2 nitrogen and oxygen atoms in total. The van der Waals surface area contributed by atoms with Crippen molar-refractivity contribution in [2.45, 2.75) is 77.0 Å². The van der Waals surface area contributed by atoms with E-state index in [-0.39, 0.29) is 21.7 Å². The molecule has 0 aliphatic carbocycles. The lowest BCUT2D eigenvalue weighted by Gasteiger charge is -2.32. The molecule has 8 aromatic carbocycles.